The first-order chi connectivity index (χ1) is 8.20. The van der Waals surface area contributed by atoms with Gasteiger partial charge in [-0.25, -0.2) is 4.39 Å². The molecule has 0 aromatic heterocycles. The van der Waals surface area contributed by atoms with Gasteiger partial charge < -0.3 is 5.73 Å². The number of benzene rings is 1. The summed E-state index contributed by atoms with van der Waals surface area (Å²) >= 11 is 5.78. The molecule has 2 N–H and O–H groups in total. The second kappa shape index (κ2) is 5.81. The standard InChI is InChI=1S/C14H19ClFNO/c1-14(2,3)13(17)8-11(18)7-9-6-10(15)4-5-12(9)16/h4-6,13H,7-8,17H2,1-3H3. The number of Topliss-reactive ketones (excluding diaryl/α,β-unsaturated/α-hetero) is 1. The van der Waals surface area contributed by atoms with Crippen molar-refractivity contribution in [3.63, 3.8) is 0 Å². The lowest BCUT2D eigenvalue weighted by Gasteiger charge is -2.26. The zero-order valence-electron chi connectivity index (χ0n) is 11.0. The lowest BCUT2D eigenvalue weighted by atomic mass is 9.84. The third-order valence-electron chi connectivity index (χ3n) is 2.96. The molecular formula is C14H19ClFNO. The normalized spacial score (nSPS) is 13.4. The van der Waals surface area contributed by atoms with Crippen LogP contribution >= 0.6 is 11.6 Å². The Morgan fingerprint density at radius 2 is 2.06 bits per heavy atom. The second-order valence-electron chi connectivity index (χ2n) is 5.63. The predicted molar refractivity (Wildman–Crippen MR) is 72.2 cm³/mol. The lowest BCUT2D eigenvalue weighted by Crippen LogP contribution is -2.37. The summed E-state index contributed by atoms with van der Waals surface area (Å²) < 4.78 is 13.5. The zero-order valence-corrected chi connectivity index (χ0v) is 11.7. The van der Waals surface area contributed by atoms with Gasteiger partial charge in [0.2, 0.25) is 0 Å². The summed E-state index contributed by atoms with van der Waals surface area (Å²) in [5.74, 6) is -0.476. The lowest BCUT2D eigenvalue weighted by molar-refractivity contribution is -0.119. The first-order valence-corrected chi connectivity index (χ1v) is 6.29. The van der Waals surface area contributed by atoms with Gasteiger partial charge in [-0.05, 0) is 29.2 Å². The van der Waals surface area contributed by atoms with E-state index in [2.05, 4.69) is 0 Å². The van der Waals surface area contributed by atoms with Crippen LogP contribution in [0.1, 0.15) is 32.8 Å². The van der Waals surface area contributed by atoms with Crippen LogP contribution in [0.3, 0.4) is 0 Å². The fourth-order valence-electron chi connectivity index (χ4n) is 1.51. The Bertz CT molecular complexity index is 440. The van der Waals surface area contributed by atoms with Gasteiger partial charge in [-0.15, -0.1) is 0 Å². The van der Waals surface area contributed by atoms with Gasteiger partial charge in [0.1, 0.15) is 11.6 Å². The maximum atomic E-state index is 13.5. The van der Waals surface area contributed by atoms with E-state index >= 15 is 0 Å². The number of carbonyl (C=O) groups excluding carboxylic acids is 1. The molecule has 2 nitrogen and oxygen atoms in total. The highest BCUT2D eigenvalue weighted by atomic mass is 35.5. The van der Waals surface area contributed by atoms with Gasteiger partial charge in [-0.3, -0.25) is 4.79 Å². The fraction of sp³-hybridized carbons (Fsp3) is 0.500. The molecule has 1 atom stereocenters. The molecule has 1 rings (SSSR count). The molecular weight excluding hydrogens is 253 g/mol. The highest BCUT2D eigenvalue weighted by molar-refractivity contribution is 6.30. The highest BCUT2D eigenvalue weighted by Crippen LogP contribution is 2.21. The van der Waals surface area contributed by atoms with Crippen LogP contribution in [0.25, 0.3) is 0 Å². The molecule has 0 saturated carbocycles. The Morgan fingerprint density at radius 1 is 1.44 bits per heavy atom. The van der Waals surface area contributed by atoms with Crippen LogP contribution in [0, 0.1) is 11.2 Å². The topological polar surface area (TPSA) is 43.1 Å². The van der Waals surface area contributed by atoms with E-state index in [9.17, 15) is 9.18 Å². The molecule has 0 heterocycles. The van der Waals surface area contributed by atoms with E-state index in [1.807, 2.05) is 20.8 Å². The SMILES string of the molecule is CC(C)(C)C(N)CC(=O)Cc1cc(Cl)ccc1F. The summed E-state index contributed by atoms with van der Waals surface area (Å²) in [6, 6.07) is 3.99. The van der Waals surface area contributed by atoms with E-state index in [0.29, 0.717) is 10.6 Å². The van der Waals surface area contributed by atoms with Crippen molar-refractivity contribution in [2.75, 3.05) is 0 Å². The van der Waals surface area contributed by atoms with Gasteiger partial charge in [0.15, 0.2) is 0 Å². The smallest absolute Gasteiger partial charge is 0.138 e. The van der Waals surface area contributed by atoms with Crippen molar-refractivity contribution in [2.45, 2.75) is 39.7 Å². The zero-order chi connectivity index (χ0) is 13.9. The summed E-state index contributed by atoms with van der Waals surface area (Å²) in [5.41, 5.74) is 6.12. The Kier molecular flexibility index (Phi) is 4.88. The van der Waals surface area contributed by atoms with Gasteiger partial charge in [0.25, 0.3) is 0 Å². The van der Waals surface area contributed by atoms with Crippen LogP contribution in [0.2, 0.25) is 5.02 Å². The minimum Gasteiger partial charge on any atom is -0.327 e. The molecule has 4 heteroatoms. The molecule has 0 fully saturated rings. The van der Waals surface area contributed by atoms with Crippen LogP contribution in [0.4, 0.5) is 4.39 Å². The van der Waals surface area contributed by atoms with Crippen LogP contribution in [0.5, 0.6) is 0 Å². The molecule has 1 unspecified atom stereocenters. The van der Waals surface area contributed by atoms with Gasteiger partial charge >= 0.3 is 0 Å². The molecule has 18 heavy (non-hydrogen) atoms. The number of rotatable bonds is 4. The molecule has 1 aromatic rings. The Morgan fingerprint density at radius 3 is 2.61 bits per heavy atom. The molecule has 0 radical (unpaired) electrons. The first-order valence-electron chi connectivity index (χ1n) is 5.91. The van der Waals surface area contributed by atoms with Gasteiger partial charge in [-0.1, -0.05) is 32.4 Å². The molecule has 0 saturated heterocycles. The van der Waals surface area contributed by atoms with Crippen molar-refractivity contribution in [3.05, 3.63) is 34.6 Å². The van der Waals surface area contributed by atoms with Crippen molar-refractivity contribution in [1.82, 2.24) is 0 Å². The minimum atomic E-state index is -0.405. The van der Waals surface area contributed by atoms with E-state index in [4.69, 9.17) is 17.3 Å². The summed E-state index contributed by atoms with van der Waals surface area (Å²) in [5, 5.41) is 0.430. The predicted octanol–water partition coefficient (Wildman–Crippen LogP) is 3.35. The molecule has 0 amide bonds. The Balaban J connectivity index is 2.68. The maximum absolute atomic E-state index is 13.5. The van der Waals surface area contributed by atoms with E-state index in [-0.39, 0.29) is 30.1 Å². The van der Waals surface area contributed by atoms with Crippen molar-refractivity contribution in [2.24, 2.45) is 11.1 Å². The van der Waals surface area contributed by atoms with Gasteiger partial charge in [0.05, 0.1) is 0 Å². The fourth-order valence-corrected chi connectivity index (χ4v) is 1.71. The quantitative estimate of drug-likeness (QED) is 0.913. The molecule has 0 bridgehead atoms. The minimum absolute atomic E-state index is 0.0379. The van der Waals surface area contributed by atoms with E-state index in [1.165, 1.54) is 18.2 Å². The Labute approximate surface area is 112 Å². The Hall–Kier alpha value is -0.930. The van der Waals surface area contributed by atoms with E-state index in [0.717, 1.165) is 0 Å². The van der Waals surface area contributed by atoms with Crippen LogP contribution in [-0.2, 0) is 11.2 Å². The molecule has 0 spiro atoms. The summed E-state index contributed by atoms with van der Waals surface area (Å²) in [4.78, 5) is 11.8. The highest BCUT2D eigenvalue weighted by Gasteiger charge is 2.23. The number of hydrogen-bond acceptors (Lipinski definition) is 2. The largest absolute Gasteiger partial charge is 0.327 e. The number of carbonyl (C=O) groups is 1. The average Bonchev–Trinajstić information content (AvgIpc) is 2.22. The molecule has 0 aliphatic heterocycles. The van der Waals surface area contributed by atoms with Crippen LogP contribution in [-0.4, -0.2) is 11.8 Å². The van der Waals surface area contributed by atoms with Crippen molar-refractivity contribution in [3.8, 4) is 0 Å². The van der Waals surface area contributed by atoms with Gasteiger partial charge in [-0.2, -0.15) is 0 Å². The number of ketones is 1. The summed E-state index contributed by atoms with van der Waals surface area (Å²) in [6.45, 7) is 5.93. The second-order valence-corrected chi connectivity index (χ2v) is 6.06. The number of halogens is 2. The van der Waals surface area contributed by atoms with E-state index < -0.39 is 5.82 Å². The number of hydrogen-bond donors (Lipinski definition) is 1. The summed E-state index contributed by atoms with van der Waals surface area (Å²) in [6.07, 6.45) is 0.283. The van der Waals surface area contributed by atoms with Crippen LogP contribution in [0.15, 0.2) is 18.2 Å². The van der Waals surface area contributed by atoms with Crippen LogP contribution < -0.4 is 5.73 Å². The van der Waals surface area contributed by atoms with E-state index in [1.54, 1.807) is 0 Å². The third-order valence-corrected chi connectivity index (χ3v) is 3.19. The summed E-state index contributed by atoms with van der Waals surface area (Å²) in [7, 11) is 0. The van der Waals surface area contributed by atoms with Gasteiger partial charge in [0, 0.05) is 23.9 Å². The molecule has 0 aliphatic rings. The van der Waals surface area contributed by atoms with Crippen molar-refractivity contribution in [1.29, 1.82) is 0 Å². The van der Waals surface area contributed by atoms with Crippen molar-refractivity contribution >= 4 is 17.4 Å². The van der Waals surface area contributed by atoms with Crippen molar-refractivity contribution < 1.29 is 9.18 Å². The molecule has 0 aliphatic carbocycles. The third kappa shape index (κ3) is 4.39. The molecule has 1 aromatic carbocycles. The average molecular weight is 272 g/mol. The monoisotopic (exact) mass is 271 g/mol. The maximum Gasteiger partial charge on any atom is 0.138 e. The number of nitrogens with two attached hydrogens (primary N) is 1. The first kappa shape index (κ1) is 15.1. The molecule has 100 valence electrons.